The average molecular weight is 380 g/mol. The summed E-state index contributed by atoms with van der Waals surface area (Å²) in [7, 11) is 0. The molecule has 0 aliphatic carbocycles. The Labute approximate surface area is 155 Å². The number of benzene rings is 1. The van der Waals surface area contributed by atoms with E-state index in [-0.39, 0.29) is 17.7 Å². The van der Waals surface area contributed by atoms with Crippen molar-refractivity contribution in [2.45, 2.75) is 38.1 Å². The smallest absolute Gasteiger partial charge is 0.321 e. The third-order valence-electron chi connectivity index (χ3n) is 3.16. The van der Waals surface area contributed by atoms with E-state index in [2.05, 4.69) is 40.0 Å². The maximum Gasteiger partial charge on any atom is 0.321 e. The summed E-state index contributed by atoms with van der Waals surface area (Å²) < 4.78 is 0.658. The van der Waals surface area contributed by atoms with Crippen molar-refractivity contribution in [2.24, 2.45) is 0 Å². The van der Waals surface area contributed by atoms with Crippen LogP contribution in [-0.4, -0.2) is 33.9 Å². The molecule has 7 nitrogen and oxygen atoms in total. The molecule has 0 radical (unpaired) electrons. The lowest BCUT2D eigenvalue weighted by Crippen LogP contribution is -2.43. The fourth-order valence-electron chi connectivity index (χ4n) is 1.85. The molecule has 3 amide bonds. The second-order valence-electron chi connectivity index (χ2n) is 5.76. The Balaban J connectivity index is 1.83. The predicted molar refractivity (Wildman–Crippen MR) is 102 cm³/mol. The summed E-state index contributed by atoms with van der Waals surface area (Å²) in [5, 5.41) is 16.8. The van der Waals surface area contributed by atoms with Gasteiger partial charge < -0.3 is 10.6 Å². The quantitative estimate of drug-likeness (QED) is 0.667. The van der Waals surface area contributed by atoms with E-state index in [9.17, 15) is 9.59 Å². The van der Waals surface area contributed by atoms with Crippen LogP contribution in [0.2, 0.25) is 0 Å². The lowest BCUT2D eigenvalue weighted by molar-refractivity contribution is -0.117. The Morgan fingerprint density at radius 3 is 2.64 bits per heavy atom. The molecule has 1 heterocycles. The SMILES string of the molecule is Cc1ccc(Nc2nnc(SCC(=O)NC(=O)NC(C)C)s2)cc1C. The zero-order chi connectivity index (χ0) is 18.4. The van der Waals surface area contributed by atoms with Gasteiger partial charge in [0.25, 0.3) is 0 Å². The van der Waals surface area contributed by atoms with Crippen LogP contribution in [0.5, 0.6) is 0 Å². The van der Waals surface area contributed by atoms with Crippen molar-refractivity contribution in [3.63, 3.8) is 0 Å². The zero-order valence-electron chi connectivity index (χ0n) is 14.5. The lowest BCUT2D eigenvalue weighted by Gasteiger charge is -2.08. The molecule has 0 unspecified atom stereocenters. The van der Waals surface area contributed by atoms with Gasteiger partial charge in [0.05, 0.1) is 5.75 Å². The fraction of sp³-hybridized carbons (Fsp3) is 0.375. The van der Waals surface area contributed by atoms with Crippen LogP contribution in [0.1, 0.15) is 25.0 Å². The molecule has 0 saturated heterocycles. The first-order valence-electron chi connectivity index (χ1n) is 7.74. The van der Waals surface area contributed by atoms with Gasteiger partial charge in [-0.15, -0.1) is 10.2 Å². The van der Waals surface area contributed by atoms with Crippen LogP contribution in [0.4, 0.5) is 15.6 Å². The Morgan fingerprint density at radius 1 is 1.20 bits per heavy atom. The highest BCUT2D eigenvalue weighted by molar-refractivity contribution is 8.01. The van der Waals surface area contributed by atoms with Crippen LogP contribution >= 0.6 is 23.1 Å². The van der Waals surface area contributed by atoms with Gasteiger partial charge in [-0.1, -0.05) is 29.2 Å². The Bertz CT molecular complexity index is 761. The topological polar surface area (TPSA) is 96.0 Å². The number of aromatic nitrogens is 2. The minimum Gasteiger partial charge on any atom is -0.336 e. The summed E-state index contributed by atoms with van der Waals surface area (Å²) in [5.74, 6) is -0.272. The molecule has 3 N–H and O–H groups in total. The molecule has 1 aromatic carbocycles. The van der Waals surface area contributed by atoms with E-state index < -0.39 is 6.03 Å². The highest BCUT2D eigenvalue weighted by atomic mass is 32.2. The highest BCUT2D eigenvalue weighted by Gasteiger charge is 2.11. The van der Waals surface area contributed by atoms with E-state index in [1.54, 1.807) is 0 Å². The number of aryl methyl sites for hydroxylation is 2. The van der Waals surface area contributed by atoms with E-state index in [1.807, 2.05) is 32.0 Å². The van der Waals surface area contributed by atoms with Crippen LogP contribution in [0.3, 0.4) is 0 Å². The molecule has 0 aliphatic heterocycles. The molecular weight excluding hydrogens is 358 g/mol. The molecule has 1 aromatic heterocycles. The number of nitrogens with one attached hydrogen (secondary N) is 3. The second kappa shape index (κ2) is 8.82. The summed E-state index contributed by atoms with van der Waals surface area (Å²) >= 11 is 2.60. The Kier molecular flexibility index (Phi) is 6.77. The molecule has 25 heavy (non-hydrogen) atoms. The van der Waals surface area contributed by atoms with Crippen molar-refractivity contribution in [3.8, 4) is 0 Å². The third kappa shape index (κ3) is 6.35. The van der Waals surface area contributed by atoms with Gasteiger partial charge in [0, 0.05) is 11.7 Å². The maximum atomic E-state index is 11.7. The minimum atomic E-state index is -0.491. The molecular formula is C16H21N5O2S2. The summed E-state index contributed by atoms with van der Waals surface area (Å²) in [4.78, 5) is 23.2. The number of imide groups is 1. The van der Waals surface area contributed by atoms with E-state index in [0.29, 0.717) is 9.47 Å². The first-order chi connectivity index (χ1) is 11.8. The highest BCUT2D eigenvalue weighted by Crippen LogP contribution is 2.28. The van der Waals surface area contributed by atoms with Crippen LogP contribution < -0.4 is 16.0 Å². The molecule has 0 fully saturated rings. The Morgan fingerprint density at radius 2 is 1.96 bits per heavy atom. The molecule has 0 saturated carbocycles. The monoisotopic (exact) mass is 379 g/mol. The molecule has 0 bridgehead atoms. The van der Waals surface area contributed by atoms with Gasteiger partial charge in [-0.2, -0.15) is 0 Å². The van der Waals surface area contributed by atoms with Crippen molar-refractivity contribution in [1.29, 1.82) is 0 Å². The molecule has 2 rings (SSSR count). The molecule has 2 aromatic rings. The van der Waals surface area contributed by atoms with Crippen LogP contribution in [0, 0.1) is 13.8 Å². The van der Waals surface area contributed by atoms with E-state index in [0.717, 1.165) is 5.69 Å². The van der Waals surface area contributed by atoms with Gasteiger partial charge in [0.1, 0.15) is 0 Å². The molecule has 0 atom stereocenters. The van der Waals surface area contributed by atoms with Crippen molar-refractivity contribution in [2.75, 3.05) is 11.1 Å². The number of hydrogen-bond acceptors (Lipinski definition) is 7. The van der Waals surface area contributed by atoms with Crippen LogP contribution in [0.25, 0.3) is 0 Å². The maximum absolute atomic E-state index is 11.7. The minimum absolute atomic E-state index is 0.0253. The normalized spacial score (nSPS) is 10.6. The number of carbonyl (C=O) groups excluding carboxylic acids is 2. The van der Waals surface area contributed by atoms with Crippen molar-refractivity contribution >= 4 is 45.9 Å². The van der Waals surface area contributed by atoms with Gasteiger partial charge in [0.2, 0.25) is 11.0 Å². The zero-order valence-corrected chi connectivity index (χ0v) is 16.2. The second-order valence-corrected chi connectivity index (χ2v) is 7.96. The number of anilines is 2. The summed E-state index contributed by atoms with van der Waals surface area (Å²) in [6.07, 6.45) is 0. The van der Waals surface area contributed by atoms with Crippen LogP contribution in [-0.2, 0) is 4.79 Å². The number of rotatable bonds is 6. The van der Waals surface area contributed by atoms with Gasteiger partial charge in [-0.05, 0) is 51.0 Å². The predicted octanol–water partition coefficient (Wildman–Crippen LogP) is 3.22. The average Bonchev–Trinajstić information content (AvgIpc) is 2.95. The first kappa shape index (κ1) is 19.2. The van der Waals surface area contributed by atoms with E-state index >= 15 is 0 Å². The molecule has 134 valence electrons. The van der Waals surface area contributed by atoms with E-state index in [1.165, 1.54) is 34.2 Å². The first-order valence-corrected chi connectivity index (χ1v) is 9.54. The van der Waals surface area contributed by atoms with Gasteiger partial charge in [0.15, 0.2) is 4.34 Å². The number of urea groups is 1. The van der Waals surface area contributed by atoms with Gasteiger partial charge in [-0.25, -0.2) is 4.79 Å². The number of nitrogens with zero attached hydrogens (tertiary/aromatic N) is 2. The number of hydrogen-bond donors (Lipinski definition) is 3. The van der Waals surface area contributed by atoms with Gasteiger partial charge >= 0.3 is 6.03 Å². The summed E-state index contributed by atoms with van der Waals surface area (Å²) in [6, 6.07) is 5.56. The molecule has 0 spiro atoms. The van der Waals surface area contributed by atoms with E-state index in [4.69, 9.17) is 0 Å². The largest absolute Gasteiger partial charge is 0.336 e. The number of thioether (sulfide) groups is 1. The number of carbonyl (C=O) groups is 2. The number of amides is 3. The van der Waals surface area contributed by atoms with Crippen LogP contribution in [0.15, 0.2) is 22.5 Å². The third-order valence-corrected chi connectivity index (χ3v) is 5.14. The fourth-order valence-corrected chi connectivity index (χ4v) is 3.42. The van der Waals surface area contributed by atoms with Crippen molar-refractivity contribution < 1.29 is 9.59 Å². The van der Waals surface area contributed by atoms with Crippen molar-refractivity contribution in [1.82, 2.24) is 20.8 Å². The Hall–Kier alpha value is -2.13. The lowest BCUT2D eigenvalue weighted by atomic mass is 10.1. The standard InChI is InChI=1S/C16H21N5O2S2/c1-9(2)17-14(23)19-13(22)8-24-16-21-20-15(25-16)18-12-6-5-10(3)11(4)7-12/h5-7,9H,8H2,1-4H3,(H,18,20)(H2,17,19,22,23). The molecule has 0 aliphatic rings. The summed E-state index contributed by atoms with van der Waals surface area (Å²) in [6.45, 7) is 7.76. The van der Waals surface area contributed by atoms with Gasteiger partial charge in [-0.3, -0.25) is 10.1 Å². The summed E-state index contributed by atoms with van der Waals surface area (Å²) in [5.41, 5.74) is 3.37. The van der Waals surface area contributed by atoms with Crippen molar-refractivity contribution in [3.05, 3.63) is 29.3 Å². The molecule has 9 heteroatoms.